The Balaban J connectivity index is 1.56. The highest BCUT2D eigenvalue weighted by atomic mass is 32.1. The van der Waals surface area contributed by atoms with Crippen LogP contribution in [-0.2, 0) is 11.8 Å². The molecule has 24 heavy (non-hydrogen) atoms. The summed E-state index contributed by atoms with van der Waals surface area (Å²) in [5.74, 6) is -0.0559. The molecule has 8 heteroatoms. The van der Waals surface area contributed by atoms with Crippen molar-refractivity contribution in [3.63, 3.8) is 0 Å². The van der Waals surface area contributed by atoms with E-state index < -0.39 is 0 Å². The van der Waals surface area contributed by atoms with E-state index in [1.165, 1.54) is 12.8 Å². The Morgan fingerprint density at radius 3 is 2.92 bits per heavy atom. The molecule has 0 saturated carbocycles. The average Bonchev–Trinajstić information content (AvgIpc) is 3.35. The van der Waals surface area contributed by atoms with E-state index in [2.05, 4.69) is 15.4 Å². The van der Waals surface area contributed by atoms with Crippen LogP contribution in [0.5, 0.6) is 0 Å². The summed E-state index contributed by atoms with van der Waals surface area (Å²) in [6.07, 6.45) is 4.24. The van der Waals surface area contributed by atoms with Gasteiger partial charge in [0.25, 0.3) is 5.91 Å². The Hall–Kier alpha value is -1.93. The number of aromatic nitrogens is 3. The van der Waals surface area contributed by atoms with Gasteiger partial charge in [-0.1, -0.05) is 0 Å². The van der Waals surface area contributed by atoms with Crippen LogP contribution in [0.2, 0.25) is 0 Å². The molecule has 2 fully saturated rings. The zero-order valence-corrected chi connectivity index (χ0v) is 14.5. The predicted molar refractivity (Wildman–Crippen MR) is 91.4 cm³/mol. The van der Waals surface area contributed by atoms with Crippen LogP contribution in [0.1, 0.15) is 35.1 Å². The summed E-state index contributed by atoms with van der Waals surface area (Å²) in [5, 5.41) is 7.36. The quantitative estimate of drug-likeness (QED) is 0.845. The van der Waals surface area contributed by atoms with Crippen LogP contribution in [0, 0.1) is 0 Å². The zero-order chi connectivity index (χ0) is 16.5. The Morgan fingerprint density at radius 2 is 2.17 bits per heavy atom. The number of morpholine rings is 1. The zero-order valence-electron chi connectivity index (χ0n) is 13.7. The molecule has 0 spiro atoms. The van der Waals surface area contributed by atoms with Gasteiger partial charge >= 0.3 is 0 Å². The Labute approximate surface area is 144 Å². The first-order valence-electron chi connectivity index (χ1n) is 8.31. The molecule has 2 saturated heterocycles. The summed E-state index contributed by atoms with van der Waals surface area (Å²) in [5.41, 5.74) is 1.39. The van der Waals surface area contributed by atoms with E-state index in [4.69, 9.17) is 9.72 Å². The second-order valence-electron chi connectivity index (χ2n) is 6.21. The second-order valence-corrected chi connectivity index (χ2v) is 7.05. The number of amides is 1. The van der Waals surface area contributed by atoms with Gasteiger partial charge in [0.2, 0.25) is 0 Å². The molecule has 0 aliphatic carbocycles. The second kappa shape index (κ2) is 6.52. The Kier molecular flexibility index (Phi) is 4.24. The van der Waals surface area contributed by atoms with Crippen molar-refractivity contribution in [2.45, 2.75) is 18.9 Å². The maximum absolute atomic E-state index is 12.8. The molecule has 0 radical (unpaired) electrons. The molecule has 0 aromatic carbocycles. The summed E-state index contributed by atoms with van der Waals surface area (Å²) < 4.78 is 7.27. The Morgan fingerprint density at radius 1 is 1.33 bits per heavy atom. The number of nitrogens with zero attached hydrogens (tertiary/aromatic N) is 5. The fourth-order valence-electron chi connectivity index (χ4n) is 3.25. The molecule has 2 aliphatic rings. The molecular weight excluding hydrogens is 326 g/mol. The summed E-state index contributed by atoms with van der Waals surface area (Å²) in [4.78, 5) is 21.8. The Bertz CT molecular complexity index is 722. The summed E-state index contributed by atoms with van der Waals surface area (Å²) >= 11 is 1.66. The van der Waals surface area contributed by atoms with Crippen molar-refractivity contribution in [2.75, 3.05) is 37.7 Å². The maximum atomic E-state index is 12.8. The molecule has 4 heterocycles. The van der Waals surface area contributed by atoms with Gasteiger partial charge in [-0.2, -0.15) is 5.10 Å². The van der Waals surface area contributed by atoms with Gasteiger partial charge in [0.1, 0.15) is 5.69 Å². The largest absolute Gasteiger partial charge is 0.377 e. The molecule has 2 aromatic heterocycles. The van der Waals surface area contributed by atoms with Crippen molar-refractivity contribution in [3.05, 3.63) is 29.0 Å². The maximum Gasteiger partial charge on any atom is 0.275 e. The normalized spacial score (nSPS) is 21.5. The van der Waals surface area contributed by atoms with Crippen molar-refractivity contribution in [2.24, 2.45) is 7.05 Å². The van der Waals surface area contributed by atoms with Gasteiger partial charge in [-0.25, -0.2) is 4.98 Å². The van der Waals surface area contributed by atoms with Crippen LogP contribution in [0.4, 0.5) is 5.13 Å². The molecule has 0 N–H and O–H groups in total. The molecule has 7 nitrogen and oxygen atoms in total. The molecule has 2 aliphatic heterocycles. The fourth-order valence-corrected chi connectivity index (χ4v) is 4.18. The van der Waals surface area contributed by atoms with Crippen LogP contribution < -0.4 is 4.90 Å². The van der Waals surface area contributed by atoms with Crippen LogP contribution in [-0.4, -0.2) is 58.4 Å². The summed E-state index contributed by atoms with van der Waals surface area (Å²) in [6, 6.07) is 1.62. The standard InChI is InChI=1S/C16H21N5O2S/c1-19-7-4-12(18-19)15(22)21-8-9-23-10-14(21)13-11-24-16(17-13)20-5-2-3-6-20/h4,7,11,14H,2-3,5-6,8-10H2,1H3/t14-/m1/s1. The van der Waals surface area contributed by atoms with Gasteiger partial charge < -0.3 is 14.5 Å². The molecule has 128 valence electrons. The van der Waals surface area contributed by atoms with Crippen molar-refractivity contribution in [3.8, 4) is 0 Å². The molecule has 1 amide bonds. The third-order valence-corrected chi connectivity index (χ3v) is 5.47. The molecule has 1 atom stereocenters. The SMILES string of the molecule is Cn1ccc(C(=O)N2CCOC[C@@H]2c2csc(N3CCCC3)n2)n1. The van der Waals surface area contributed by atoms with Gasteiger partial charge in [-0.05, 0) is 18.9 Å². The average molecular weight is 347 g/mol. The highest BCUT2D eigenvalue weighted by Crippen LogP contribution is 2.31. The minimum absolute atomic E-state index is 0.0559. The highest BCUT2D eigenvalue weighted by Gasteiger charge is 2.32. The first-order valence-corrected chi connectivity index (χ1v) is 9.19. The van der Waals surface area contributed by atoms with Crippen molar-refractivity contribution >= 4 is 22.4 Å². The van der Waals surface area contributed by atoms with Gasteiger partial charge in [-0.15, -0.1) is 11.3 Å². The lowest BCUT2D eigenvalue weighted by atomic mass is 10.1. The van der Waals surface area contributed by atoms with Gasteiger partial charge in [0.15, 0.2) is 5.13 Å². The number of thiazole rings is 1. The molecule has 4 rings (SSSR count). The topological polar surface area (TPSA) is 63.5 Å². The lowest BCUT2D eigenvalue weighted by molar-refractivity contribution is -0.00406. The van der Waals surface area contributed by atoms with Gasteiger partial charge in [0, 0.05) is 38.3 Å². The number of hydrogen-bond acceptors (Lipinski definition) is 6. The van der Waals surface area contributed by atoms with Crippen LogP contribution in [0.25, 0.3) is 0 Å². The molecule has 2 aromatic rings. The lowest BCUT2D eigenvalue weighted by Crippen LogP contribution is -2.43. The van der Waals surface area contributed by atoms with Crippen LogP contribution in [0.15, 0.2) is 17.6 Å². The van der Waals surface area contributed by atoms with Gasteiger partial charge in [-0.3, -0.25) is 9.48 Å². The molecular formula is C16H21N5O2S. The lowest BCUT2D eigenvalue weighted by Gasteiger charge is -2.34. The van der Waals surface area contributed by atoms with E-state index in [1.54, 1.807) is 28.3 Å². The number of carbonyl (C=O) groups excluding carboxylic acids is 1. The molecule has 0 unspecified atom stereocenters. The van der Waals surface area contributed by atoms with E-state index in [0.717, 1.165) is 23.9 Å². The molecule has 0 bridgehead atoms. The summed E-state index contributed by atoms with van der Waals surface area (Å²) in [6.45, 7) is 3.76. The van der Waals surface area contributed by atoms with Gasteiger partial charge in [0.05, 0.1) is 24.9 Å². The van der Waals surface area contributed by atoms with Crippen molar-refractivity contribution in [1.82, 2.24) is 19.7 Å². The first-order chi connectivity index (χ1) is 11.7. The number of hydrogen-bond donors (Lipinski definition) is 0. The van der Waals surface area contributed by atoms with E-state index >= 15 is 0 Å². The minimum atomic E-state index is -0.138. The van der Waals surface area contributed by atoms with E-state index in [9.17, 15) is 4.79 Å². The van der Waals surface area contributed by atoms with Crippen LogP contribution in [0.3, 0.4) is 0 Å². The minimum Gasteiger partial charge on any atom is -0.377 e. The van der Waals surface area contributed by atoms with E-state index in [-0.39, 0.29) is 11.9 Å². The van der Waals surface area contributed by atoms with Crippen LogP contribution >= 0.6 is 11.3 Å². The van der Waals surface area contributed by atoms with Crippen molar-refractivity contribution < 1.29 is 9.53 Å². The van der Waals surface area contributed by atoms with E-state index in [0.29, 0.717) is 25.5 Å². The van der Waals surface area contributed by atoms with E-state index in [1.807, 2.05) is 11.9 Å². The first kappa shape index (κ1) is 15.6. The third-order valence-electron chi connectivity index (χ3n) is 4.55. The number of carbonyl (C=O) groups is 1. The monoisotopic (exact) mass is 347 g/mol. The number of aryl methyl sites for hydroxylation is 1. The number of anilines is 1. The summed E-state index contributed by atoms with van der Waals surface area (Å²) in [7, 11) is 1.82. The number of ether oxygens (including phenoxy) is 1. The third kappa shape index (κ3) is 2.91. The van der Waals surface area contributed by atoms with Crippen molar-refractivity contribution in [1.29, 1.82) is 0 Å². The highest BCUT2D eigenvalue weighted by molar-refractivity contribution is 7.13. The number of rotatable bonds is 3. The predicted octanol–water partition coefficient (Wildman–Crippen LogP) is 1.69. The fraction of sp³-hybridized carbons (Fsp3) is 0.562. The smallest absolute Gasteiger partial charge is 0.275 e.